The quantitative estimate of drug-likeness (QED) is 0.441. The van der Waals surface area contributed by atoms with Crippen molar-refractivity contribution in [3.05, 3.63) is 44.4 Å². The summed E-state index contributed by atoms with van der Waals surface area (Å²) in [5, 5.41) is 8.76. The van der Waals surface area contributed by atoms with Crippen LogP contribution in [0.3, 0.4) is 0 Å². The van der Waals surface area contributed by atoms with Crippen LogP contribution in [0, 0.1) is 5.92 Å². The van der Waals surface area contributed by atoms with Gasteiger partial charge in [-0.25, -0.2) is 4.79 Å². The molecule has 0 bridgehead atoms. The van der Waals surface area contributed by atoms with E-state index in [0.29, 0.717) is 21.2 Å². The van der Waals surface area contributed by atoms with Crippen LogP contribution in [-0.2, 0) is 23.9 Å². The zero-order valence-electron chi connectivity index (χ0n) is 16.7. The predicted molar refractivity (Wildman–Crippen MR) is 113 cm³/mol. The van der Waals surface area contributed by atoms with E-state index in [-0.39, 0.29) is 18.1 Å². The second-order valence-corrected chi connectivity index (χ2v) is 9.24. The van der Waals surface area contributed by atoms with Crippen LogP contribution in [0.15, 0.2) is 34.1 Å². The first-order valence-electron chi connectivity index (χ1n) is 9.65. The van der Waals surface area contributed by atoms with Crippen LogP contribution in [0.4, 0.5) is 0 Å². The molecule has 4 rings (SSSR count). The first kappa shape index (κ1) is 22.1. The standard InChI is InChI=1S/C20H18N2O8S2/c1-2-29-12(25)8-30-10-5-3-4-9(6-10)13-14-16(31-17-15(13)32-20(28)21-17)19(27)22(18(14)26)7-11(23)24/h3-6,13-14,16H,2,7-8H2,1H3,(H,21,28)(H,23,24)/t13-,14?,16?/m1/s1. The van der Waals surface area contributed by atoms with E-state index in [1.807, 2.05) is 0 Å². The van der Waals surface area contributed by atoms with Crippen LogP contribution in [0.1, 0.15) is 23.3 Å². The number of carboxylic acid groups (broad SMARTS) is 1. The average molecular weight is 479 g/mol. The summed E-state index contributed by atoms with van der Waals surface area (Å²) in [5.41, 5.74) is 0.608. The van der Waals surface area contributed by atoms with Gasteiger partial charge in [0.05, 0.1) is 17.6 Å². The Morgan fingerprint density at radius 1 is 1.22 bits per heavy atom. The maximum atomic E-state index is 13.1. The molecule has 10 nitrogen and oxygen atoms in total. The maximum absolute atomic E-state index is 13.1. The fraction of sp³-hybridized carbons (Fsp3) is 0.350. The van der Waals surface area contributed by atoms with Gasteiger partial charge in [-0.2, -0.15) is 0 Å². The van der Waals surface area contributed by atoms with E-state index >= 15 is 0 Å². The summed E-state index contributed by atoms with van der Waals surface area (Å²) in [6.45, 7) is 0.897. The van der Waals surface area contributed by atoms with Gasteiger partial charge in [0, 0.05) is 10.8 Å². The van der Waals surface area contributed by atoms with E-state index in [1.54, 1.807) is 31.2 Å². The molecule has 168 valence electrons. The van der Waals surface area contributed by atoms with Crippen LogP contribution in [0.2, 0.25) is 0 Å². The SMILES string of the molecule is CCOC(=O)COc1cccc([C@H]2c3sc(=O)[nH]c3SC3C(=O)N(CC(=O)O)C(=O)C32)c1. The number of aliphatic carboxylic acids is 1. The van der Waals surface area contributed by atoms with Gasteiger partial charge in [-0.15, -0.1) is 0 Å². The summed E-state index contributed by atoms with van der Waals surface area (Å²) in [6, 6.07) is 6.69. The zero-order chi connectivity index (χ0) is 23.0. The maximum Gasteiger partial charge on any atom is 0.344 e. The van der Waals surface area contributed by atoms with Crippen molar-refractivity contribution in [1.29, 1.82) is 0 Å². The number of hydrogen-bond acceptors (Lipinski definition) is 9. The topological polar surface area (TPSA) is 143 Å². The summed E-state index contributed by atoms with van der Waals surface area (Å²) in [7, 11) is 0. The van der Waals surface area contributed by atoms with Gasteiger partial charge in [-0.3, -0.25) is 24.1 Å². The molecule has 2 aliphatic heterocycles. The van der Waals surface area contributed by atoms with Crippen molar-refractivity contribution in [2.24, 2.45) is 5.92 Å². The fourth-order valence-electron chi connectivity index (χ4n) is 3.87. The van der Waals surface area contributed by atoms with Crippen molar-refractivity contribution in [1.82, 2.24) is 9.88 Å². The predicted octanol–water partition coefficient (Wildman–Crippen LogP) is 1.05. The van der Waals surface area contributed by atoms with Crippen molar-refractivity contribution >= 4 is 46.9 Å². The number of aromatic amines is 1. The molecule has 3 atom stereocenters. The lowest BCUT2D eigenvalue weighted by Gasteiger charge is -2.30. The summed E-state index contributed by atoms with van der Waals surface area (Å²) in [5.74, 6) is -4.17. The van der Waals surface area contributed by atoms with E-state index in [9.17, 15) is 24.0 Å². The molecule has 32 heavy (non-hydrogen) atoms. The summed E-state index contributed by atoms with van der Waals surface area (Å²) in [4.78, 5) is 64.5. The van der Waals surface area contributed by atoms with Gasteiger partial charge in [0.25, 0.3) is 0 Å². The number of hydrogen-bond donors (Lipinski definition) is 2. The molecular weight excluding hydrogens is 460 g/mol. The highest BCUT2D eigenvalue weighted by molar-refractivity contribution is 8.00. The van der Waals surface area contributed by atoms with Gasteiger partial charge in [-0.1, -0.05) is 35.2 Å². The number of nitrogens with one attached hydrogen (secondary N) is 1. The third-order valence-corrected chi connectivity index (χ3v) is 7.49. The number of carbonyl (C=O) groups is 4. The number of imide groups is 1. The Balaban J connectivity index is 1.71. The lowest BCUT2D eigenvalue weighted by molar-refractivity contribution is -0.149. The minimum atomic E-state index is -1.29. The van der Waals surface area contributed by atoms with Crippen LogP contribution in [0.5, 0.6) is 5.75 Å². The van der Waals surface area contributed by atoms with E-state index in [1.165, 1.54) is 0 Å². The third kappa shape index (κ3) is 4.02. The lowest BCUT2D eigenvalue weighted by atomic mass is 9.83. The highest BCUT2D eigenvalue weighted by Gasteiger charge is 2.56. The second-order valence-electron chi connectivity index (χ2n) is 7.07. The molecule has 2 amide bonds. The van der Waals surface area contributed by atoms with E-state index in [0.717, 1.165) is 28.0 Å². The van der Waals surface area contributed by atoms with Crippen LogP contribution >= 0.6 is 23.1 Å². The van der Waals surface area contributed by atoms with E-state index in [4.69, 9.17) is 14.6 Å². The number of thioether (sulfide) groups is 1. The minimum absolute atomic E-state index is 0.225. The van der Waals surface area contributed by atoms with Crippen molar-refractivity contribution < 1.29 is 33.8 Å². The molecule has 0 saturated carbocycles. The molecule has 1 aromatic heterocycles. The molecule has 2 aliphatic rings. The number of likely N-dealkylation sites (tertiary alicyclic amines) is 1. The molecule has 2 N–H and O–H groups in total. The number of aromatic nitrogens is 1. The van der Waals surface area contributed by atoms with Gasteiger partial charge in [0.15, 0.2) is 6.61 Å². The largest absolute Gasteiger partial charge is 0.482 e. The van der Waals surface area contributed by atoms with Crippen molar-refractivity contribution in [3.63, 3.8) is 0 Å². The Morgan fingerprint density at radius 3 is 2.72 bits per heavy atom. The fourth-order valence-corrected chi connectivity index (χ4v) is 6.40. The molecule has 0 aliphatic carbocycles. The Hall–Kier alpha value is -3.12. The third-order valence-electron chi connectivity index (χ3n) is 5.09. The van der Waals surface area contributed by atoms with Gasteiger partial charge >= 0.3 is 16.8 Å². The number of H-pyrrole nitrogens is 1. The Kier molecular flexibility index (Phi) is 6.07. The molecule has 1 aromatic carbocycles. The zero-order valence-corrected chi connectivity index (χ0v) is 18.4. The Morgan fingerprint density at radius 2 is 2.00 bits per heavy atom. The molecule has 0 spiro atoms. The number of nitrogens with zero attached hydrogens (tertiary/aromatic N) is 1. The van der Waals surface area contributed by atoms with Gasteiger partial charge in [0.1, 0.15) is 17.5 Å². The molecule has 2 unspecified atom stereocenters. The molecule has 1 saturated heterocycles. The number of esters is 1. The van der Waals surface area contributed by atoms with Crippen molar-refractivity contribution in [2.75, 3.05) is 19.8 Å². The molecule has 12 heteroatoms. The monoisotopic (exact) mass is 478 g/mol. The number of fused-ring (bicyclic) bond motifs is 2. The van der Waals surface area contributed by atoms with Crippen LogP contribution < -0.4 is 9.61 Å². The van der Waals surface area contributed by atoms with Gasteiger partial charge in [0.2, 0.25) is 11.8 Å². The molecular formula is C20H18N2O8S2. The number of benzene rings is 1. The Bertz CT molecular complexity index is 1160. The first-order chi connectivity index (χ1) is 15.3. The smallest absolute Gasteiger partial charge is 0.344 e. The minimum Gasteiger partial charge on any atom is -0.482 e. The Labute approximate surface area is 189 Å². The molecule has 0 radical (unpaired) electrons. The van der Waals surface area contributed by atoms with E-state index in [2.05, 4.69) is 4.98 Å². The molecule has 2 aromatic rings. The number of carbonyl (C=O) groups excluding carboxylic acids is 3. The summed E-state index contributed by atoms with van der Waals surface area (Å²) < 4.78 is 10.3. The lowest BCUT2D eigenvalue weighted by Crippen LogP contribution is -2.36. The number of amides is 2. The van der Waals surface area contributed by atoms with Gasteiger partial charge in [-0.05, 0) is 24.6 Å². The van der Waals surface area contributed by atoms with Crippen molar-refractivity contribution in [3.8, 4) is 5.75 Å². The average Bonchev–Trinajstić information content (AvgIpc) is 3.23. The first-order valence-corrected chi connectivity index (χ1v) is 11.3. The number of thiazole rings is 1. The molecule has 1 fully saturated rings. The molecule has 3 heterocycles. The van der Waals surface area contributed by atoms with E-state index < -0.39 is 47.4 Å². The van der Waals surface area contributed by atoms with Crippen molar-refractivity contribution in [2.45, 2.75) is 23.1 Å². The number of rotatable bonds is 7. The normalized spacial score (nSPS) is 21.8. The summed E-state index contributed by atoms with van der Waals surface area (Å²) in [6.07, 6.45) is 0. The second kappa shape index (κ2) is 8.79. The summed E-state index contributed by atoms with van der Waals surface area (Å²) >= 11 is 2.02. The van der Waals surface area contributed by atoms with Gasteiger partial charge < -0.3 is 19.6 Å². The van der Waals surface area contributed by atoms with Crippen LogP contribution in [0.25, 0.3) is 0 Å². The number of ether oxygens (including phenoxy) is 2. The number of carboxylic acids is 1. The highest BCUT2D eigenvalue weighted by atomic mass is 32.2. The van der Waals surface area contributed by atoms with Crippen LogP contribution in [-0.4, -0.2) is 63.8 Å². The highest BCUT2D eigenvalue weighted by Crippen LogP contribution is 2.52.